The molecule has 1 aromatic carbocycles. The molecule has 2 aromatic rings. The van der Waals surface area contributed by atoms with Crippen molar-refractivity contribution in [2.24, 2.45) is 10.9 Å². The van der Waals surface area contributed by atoms with Crippen LogP contribution in [0.3, 0.4) is 0 Å². The van der Waals surface area contributed by atoms with Crippen LogP contribution < -0.4 is 4.90 Å². The van der Waals surface area contributed by atoms with Crippen molar-refractivity contribution in [3.8, 4) is 0 Å². The molecular weight excluding hydrogens is 620 g/mol. The Labute approximate surface area is 262 Å². The normalized spacial score (nSPS) is 26.2. The Morgan fingerprint density at radius 1 is 0.978 bits per heavy atom. The summed E-state index contributed by atoms with van der Waals surface area (Å²) in [6.45, 7) is 3.54. The number of anilines is 1. The van der Waals surface area contributed by atoms with Crippen LogP contribution in [0.4, 0.5) is 37.1 Å². The Balaban J connectivity index is 1.42. The zero-order valence-corrected chi connectivity index (χ0v) is 25.5. The molecule has 1 aromatic heterocycles. The molecule has 0 bridgehead atoms. The van der Waals surface area contributed by atoms with Crippen LogP contribution in [0.2, 0.25) is 0 Å². The molecule has 0 spiro atoms. The van der Waals surface area contributed by atoms with Gasteiger partial charge in [-0.1, -0.05) is 6.92 Å². The fourth-order valence-electron chi connectivity index (χ4n) is 6.26. The first-order chi connectivity index (χ1) is 21.7. The molecule has 3 aliphatic rings. The lowest BCUT2D eigenvalue weighted by Crippen LogP contribution is -2.44. The van der Waals surface area contributed by atoms with E-state index >= 15 is 0 Å². The van der Waals surface area contributed by atoms with Crippen LogP contribution in [0.25, 0.3) is 0 Å². The molecule has 2 fully saturated rings. The second-order valence-corrected chi connectivity index (χ2v) is 12.1. The maximum atomic E-state index is 13.7. The number of aliphatic imine (C=N–C) groups is 1. The number of rotatable bonds is 8. The van der Waals surface area contributed by atoms with Crippen LogP contribution in [0.1, 0.15) is 74.1 Å². The highest BCUT2D eigenvalue weighted by Crippen LogP contribution is 2.38. The lowest BCUT2D eigenvalue weighted by Gasteiger charge is -2.34. The fourth-order valence-corrected chi connectivity index (χ4v) is 6.26. The first-order valence-electron chi connectivity index (χ1n) is 15.1. The molecule has 1 saturated heterocycles. The number of hydrogen-bond acceptors (Lipinski definition) is 8. The summed E-state index contributed by atoms with van der Waals surface area (Å²) in [6.07, 6.45) is -3.79. The molecule has 9 nitrogen and oxygen atoms in total. The van der Waals surface area contributed by atoms with Gasteiger partial charge in [-0.25, -0.2) is 14.8 Å². The average Bonchev–Trinajstić information content (AvgIpc) is 3.62. The van der Waals surface area contributed by atoms with E-state index in [1.807, 2.05) is 20.1 Å². The Morgan fingerprint density at radius 2 is 1.61 bits per heavy atom. The van der Waals surface area contributed by atoms with E-state index in [0.29, 0.717) is 37.8 Å². The molecule has 4 atom stereocenters. The number of ether oxygens (including phenoxy) is 2. The van der Waals surface area contributed by atoms with E-state index in [1.165, 1.54) is 12.0 Å². The van der Waals surface area contributed by atoms with Crippen molar-refractivity contribution in [3.63, 3.8) is 0 Å². The number of likely N-dealkylation sites (tertiary alicyclic amines) is 1. The number of nitrogens with zero attached hydrogens (tertiary/aromatic N) is 5. The Morgan fingerprint density at radius 3 is 2.13 bits per heavy atom. The van der Waals surface area contributed by atoms with E-state index < -0.39 is 41.7 Å². The number of amides is 1. The topological polar surface area (TPSA) is 97.2 Å². The maximum absolute atomic E-state index is 13.7. The van der Waals surface area contributed by atoms with Crippen molar-refractivity contribution in [2.75, 3.05) is 18.6 Å². The second-order valence-electron chi connectivity index (χ2n) is 12.1. The first-order valence-corrected chi connectivity index (χ1v) is 15.1. The average molecular weight is 656 g/mol. The Kier molecular flexibility index (Phi) is 9.50. The SMILES string of the molecule is CC[C@@H]1C[C@H](N(Cc2cc(C(F)(F)F)cc(C(F)(F)F)c2)c2ncc(C3C=NC(C)C3)cn2)CN1C(=O)O[C@H]1C[C@@H](C(=O)OC)C1. The predicted octanol–water partition coefficient (Wildman–Crippen LogP) is 6.41. The van der Waals surface area contributed by atoms with E-state index in [4.69, 9.17) is 9.47 Å². The predicted molar refractivity (Wildman–Crippen MR) is 154 cm³/mol. The van der Waals surface area contributed by atoms with E-state index in [0.717, 1.165) is 12.0 Å². The number of benzene rings is 1. The van der Waals surface area contributed by atoms with E-state index in [-0.39, 0.29) is 60.6 Å². The summed E-state index contributed by atoms with van der Waals surface area (Å²) in [5, 5.41) is 0. The van der Waals surface area contributed by atoms with Crippen molar-refractivity contribution < 1.29 is 45.4 Å². The molecule has 1 amide bonds. The van der Waals surface area contributed by atoms with Crippen LogP contribution in [-0.2, 0) is 33.2 Å². The van der Waals surface area contributed by atoms with Gasteiger partial charge in [-0.15, -0.1) is 0 Å². The van der Waals surface area contributed by atoms with Crippen LogP contribution in [0.15, 0.2) is 35.6 Å². The van der Waals surface area contributed by atoms with Gasteiger partial charge < -0.3 is 19.3 Å². The monoisotopic (exact) mass is 655 g/mol. The third-order valence-corrected chi connectivity index (χ3v) is 8.89. The molecule has 1 aliphatic carbocycles. The fraction of sp³-hybridized carbons (Fsp3) is 0.581. The molecule has 1 saturated carbocycles. The van der Waals surface area contributed by atoms with Crippen LogP contribution in [0, 0.1) is 5.92 Å². The lowest BCUT2D eigenvalue weighted by molar-refractivity contribution is -0.153. The molecule has 15 heteroatoms. The van der Waals surface area contributed by atoms with Gasteiger partial charge in [0.15, 0.2) is 0 Å². The van der Waals surface area contributed by atoms with Crippen molar-refractivity contribution in [1.29, 1.82) is 0 Å². The number of esters is 1. The third kappa shape index (κ3) is 7.38. The minimum Gasteiger partial charge on any atom is -0.469 e. The summed E-state index contributed by atoms with van der Waals surface area (Å²) in [7, 11) is 1.29. The lowest BCUT2D eigenvalue weighted by atomic mass is 9.82. The highest BCUT2D eigenvalue weighted by Gasteiger charge is 2.43. The number of carbonyl (C=O) groups is 2. The van der Waals surface area contributed by atoms with Gasteiger partial charge in [-0.05, 0) is 68.4 Å². The van der Waals surface area contributed by atoms with Crippen molar-refractivity contribution in [3.05, 3.63) is 52.8 Å². The molecule has 5 rings (SSSR count). The molecule has 0 radical (unpaired) electrons. The molecule has 46 heavy (non-hydrogen) atoms. The molecule has 2 unspecified atom stereocenters. The van der Waals surface area contributed by atoms with Gasteiger partial charge in [0, 0.05) is 49.7 Å². The standard InChI is InChI=1S/C31H35F6N5O4/c1-4-24-11-25(16-42(24)29(44)46-26-8-19(9-26)27(43)45-3)41(28-39-13-21(14-40-28)20-5-17(2)38-12-20)15-18-6-22(30(32,33)34)10-23(7-18)31(35,36)37/h6-7,10,12-14,17,19-20,24-26H,4-5,8-9,11,15-16H2,1-3H3/t17?,19-,20?,24-,25+,26+/m1/s1. The summed E-state index contributed by atoms with van der Waals surface area (Å²) < 4.78 is 92.4. The van der Waals surface area contributed by atoms with Crippen LogP contribution in [-0.4, -0.2) is 71.0 Å². The Hall–Kier alpha value is -3.91. The highest BCUT2D eigenvalue weighted by molar-refractivity contribution is 5.74. The van der Waals surface area contributed by atoms with E-state index in [9.17, 15) is 35.9 Å². The van der Waals surface area contributed by atoms with Gasteiger partial charge in [0.25, 0.3) is 0 Å². The molecule has 2 aliphatic heterocycles. The highest BCUT2D eigenvalue weighted by atomic mass is 19.4. The van der Waals surface area contributed by atoms with Gasteiger partial charge in [0.05, 0.1) is 30.2 Å². The summed E-state index contributed by atoms with van der Waals surface area (Å²) in [5.41, 5.74) is -2.29. The van der Waals surface area contributed by atoms with Crippen LogP contribution in [0.5, 0.6) is 0 Å². The minimum atomic E-state index is -5.01. The number of halogens is 6. The van der Waals surface area contributed by atoms with Gasteiger partial charge in [-0.2, -0.15) is 26.3 Å². The van der Waals surface area contributed by atoms with Crippen molar-refractivity contribution in [2.45, 2.75) is 95.0 Å². The number of hydrogen-bond donors (Lipinski definition) is 0. The number of carbonyl (C=O) groups excluding carboxylic acids is 2. The number of methoxy groups -OCH3 is 1. The van der Waals surface area contributed by atoms with E-state index in [1.54, 1.807) is 17.3 Å². The van der Waals surface area contributed by atoms with Crippen LogP contribution >= 0.6 is 0 Å². The Bertz CT molecular complexity index is 1410. The van der Waals surface area contributed by atoms with Gasteiger partial charge in [0.2, 0.25) is 5.95 Å². The molecule has 250 valence electrons. The second kappa shape index (κ2) is 13.1. The quantitative estimate of drug-likeness (QED) is 0.240. The number of aromatic nitrogens is 2. The smallest absolute Gasteiger partial charge is 0.416 e. The number of alkyl halides is 6. The molecule has 0 N–H and O–H groups in total. The first kappa shape index (κ1) is 33.5. The minimum absolute atomic E-state index is 0.0122. The van der Waals surface area contributed by atoms with Crippen molar-refractivity contribution >= 4 is 24.2 Å². The zero-order valence-electron chi connectivity index (χ0n) is 25.5. The van der Waals surface area contributed by atoms with Gasteiger partial charge in [0.1, 0.15) is 6.10 Å². The summed E-state index contributed by atoms with van der Waals surface area (Å²) in [5.74, 6) is -0.631. The van der Waals surface area contributed by atoms with Crippen molar-refractivity contribution in [1.82, 2.24) is 14.9 Å². The van der Waals surface area contributed by atoms with E-state index in [2.05, 4.69) is 15.0 Å². The summed E-state index contributed by atoms with van der Waals surface area (Å²) in [4.78, 5) is 41.4. The largest absolute Gasteiger partial charge is 0.469 e. The van der Waals surface area contributed by atoms with Gasteiger partial charge in [-0.3, -0.25) is 9.79 Å². The summed E-state index contributed by atoms with van der Waals surface area (Å²) in [6, 6.07) is 0.740. The third-order valence-electron chi connectivity index (χ3n) is 8.89. The maximum Gasteiger partial charge on any atom is 0.416 e. The van der Waals surface area contributed by atoms with Gasteiger partial charge >= 0.3 is 24.4 Å². The molecular formula is C31H35F6N5O4. The summed E-state index contributed by atoms with van der Waals surface area (Å²) >= 11 is 0. The zero-order chi connectivity index (χ0) is 33.4. The molecule has 3 heterocycles.